The van der Waals surface area contributed by atoms with Gasteiger partial charge in [0.25, 0.3) is 0 Å². The minimum absolute atomic E-state index is 0.113. The fourth-order valence-corrected chi connectivity index (χ4v) is 5.42. The third-order valence-corrected chi connectivity index (χ3v) is 7.28. The van der Waals surface area contributed by atoms with Gasteiger partial charge in [0.15, 0.2) is 0 Å². The van der Waals surface area contributed by atoms with E-state index in [1.165, 1.54) is 16.4 Å². The fraction of sp³-hybridized carbons (Fsp3) is 0.611. The van der Waals surface area contributed by atoms with Crippen LogP contribution in [0.1, 0.15) is 32.6 Å². The third kappa shape index (κ3) is 4.18. The molecule has 2 aliphatic rings. The summed E-state index contributed by atoms with van der Waals surface area (Å²) < 4.78 is 27.2. The van der Waals surface area contributed by atoms with Crippen molar-refractivity contribution in [2.75, 3.05) is 26.2 Å². The average Bonchev–Trinajstić information content (AvgIpc) is 2.61. The van der Waals surface area contributed by atoms with E-state index in [0.717, 1.165) is 32.4 Å². The maximum atomic E-state index is 12.9. The van der Waals surface area contributed by atoms with Gasteiger partial charge in [-0.25, -0.2) is 8.42 Å². The van der Waals surface area contributed by atoms with Crippen LogP contribution >= 0.6 is 11.6 Å². The zero-order valence-electron chi connectivity index (χ0n) is 14.5. The topological polar surface area (TPSA) is 57.7 Å². The smallest absolute Gasteiger partial charge is 0.243 e. The first kappa shape index (κ1) is 18.7. The first-order valence-electron chi connectivity index (χ1n) is 8.92. The molecule has 138 valence electrons. The molecule has 5 nitrogen and oxygen atoms in total. The lowest BCUT2D eigenvalue weighted by Crippen LogP contribution is -2.48. The number of rotatable bonds is 3. The Balaban J connectivity index is 1.72. The largest absolute Gasteiger partial charge is 0.342 e. The first-order chi connectivity index (χ1) is 11.9. The molecule has 2 heterocycles. The van der Waals surface area contributed by atoms with E-state index >= 15 is 0 Å². The zero-order chi connectivity index (χ0) is 18.0. The Kier molecular flexibility index (Phi) is 5.71. The van der Waals surface area contributed by atoms with E-state index in [1.54, 1.807) is 12.1 Å². The number of sulfonamides is 1. The van der Waals surface area contributed by atoms with Gasteiger partial charge in [-0.3, -0.25) is 4.79 Å². The summed E-state index contributed by atoms with van der Waals surface area (Å²) in [7, 11) is -3.58. The van der Waals surface area contributed by atoms with Crippen LogP contribution in [0.2, 0.25) is 5.02 Å². The Morgan fingerprint density at radius 3 is 2.44 bits per heavy atom. The van der Waals surface area contributed by atoms with Gasteiger partial charge in [0.2, 0.25) is 15.9 Å². The van der Waals surface area contributed by atoms with Crippen molar-refractivity contribution in [2.45, 2.75) is 37.5 Å². The van der Waals surface area contributed by atoms with E-state index in [2.05, 4.69) is 6.92 Å². The molecule has 2 aliphatic heterocycles. The Morgan fingerprint density at radius 1 is 1.08 bits per heavy atom. The molecule has 1 amide bonds. The molecule has 2 atom stereocenters. The number of halogens is 1. The summed E-state index contributed by atoms with van der Waals surface area (Å²) in [6, 6.07) is 6.21. The summed E-state index contributed by atoms with van der Waals surface area (Å²) in [6.07, 6.45) is 3.67. The van der Waals surface area contributed by atoms with Gasteiger partial charge in [0.1, 0.15) is 0 Å². The molecule has 1 aromatic carbocycles. The standard InChI is InChI=1S/C18H25ClN2O3S/c1-14-4-2-10-20(12-14)18(22)15-5-3-11-21(13-15)25(23,24)17-8-6-16(19)7-9-17/h6-9,14-15H,2-5,10-13H2,1H3/t14-,15+/m1/s1. The van der Waals surface area contributed by atoms with E-state index < -0.39 is 10.0 Å². The van der Waals surface area contributed by atoms with Gasteiger partial charge in [0, 0.05) is 31.2 Å². The molecule has 2 fully saturated rings. The van der Waals surface area contributed by atoms with Crippen LogP contribution in [0.3, 0.4) is 0 Å². The highest BCUT2D eigenvalue weighted by molar-refractivity contribution is 7.89. The monoisotopic (exact) mass is 384 g/mol. The van der Waals surface area contributed by atoms with Crippen molar-refractivity contribution in [3.8, 4) is 0 Å². The summed E-state index contributed by atoms with van der Waals surface area (Å²) in [4.78, 5) is 15.0. The Bertz CT molecular complexity index is 720. The summed E-state index contributed by atoms with van der Waals surface area (Å²) in [5, 5.41) is 0.505. The highest BCUT2D eigenvalue weighted by Crippen LogP contribution is 2.27. The van der Waals surface area contributed by atoms with E-state index in [-0.39, 0.29) is 23.3 Å². The summed E-state index contributed by atoms with van der Waals surface area (Å²) >= 11 is 5.85. The molecule has 0 aliphatic carbocycles. The number of benzene rings is 1. The molecule has 3 rings (SSSR count). The van der Waals surface area contributed by atoms with E-state index in [0.29, 0.717) is 23.9 Å². The minimum Gasteiger partial charge on any atom is -0.342 e. The third-order valence-electron chi connectivity index (χ3n) is 5.15. The number of likely N-dealkylation sites (tertiary alicyclic amines) is 1. The van der Waals surface area contributed by atoms with Gasteiger partial charge < -0.3 is 4.90 Å². The van der Waals surface area contributed by atoms with Crippen LogP contribution in [-0.2, 0) is 14.8 Å². The van der Waals surface area contributed by atoms with Gasteiger partial charge in [-0.05, 0) is 55.9 Å². The maximum Gasteiger partial charge on any atom is 0.243 e. The molecular weight excluding hydrogens is 360 g/mol. The molecule has 0 spiro atoms. The van der Waals surface area contributed by atoms with Crippen molar-refractivity contribution in [3.05, 3.63) is 29.3 Å². The van der Waals surface area contributed by atoms with Crippen molar-refractivity contribution >= 4 is 27.5 Å². The number of carbonyl (C=O) groups excluding carboxylic acids is 1. The fourth-order valence-electron chi connectivity index (χ4n) is 3.77. The highest BCUT2D eigenvalue weighted by Gasteiger charge is 2.35. The molecule has 1 aromatic rings. The van der Waals surface area contributed by atoms with E-state index in [4.69, 9.17) is 11.6 Å². The van der Waals surface area contributed by atoms with Gasteiger partial charge in [-0.1, -0.05) is 18.5 Å². The van der Waals surface area contributed by atoms with E-state index in [9.17, 15) is 13.2 Å². The van der Waals surface area contributed by atoms with Crippen LogP contribution in [0, 0.1) is 11.8 Å². The Hall–Kier alpha value is -1.11. The quantitative estimate of drug-likeness (QED) is 0.804. The number of piperidine rings is 2. The second kappa shape index (κ2) is 7.64. The van der Waals surface area contributed by atoms with Crippen molar-refractivity contribution < 1.29 is 13.2 Å². The molecule has 0 aromatic heterocycles. The molecule has 0 radical (unpaired) electrons. The lowest BCUT2D eigenvalue weighted by atomic mass is 9.94. The summed E-state index contributed by atoms with van der Waals surface area (Å²) in [5.41, 5.74) is 0. The second-order valence-electron chi connectivity index (χ2n) is 7.19. The van der Waals surface area contributed by atoms with Crippen LogP contribution in [0.25, 0.3) is 0 Å². The van der Waals surface area contributed by atoms with Gasteiger partial charge >= 0.3 is 0 Å². The SMILES string of the molecule is C[C@@H]1CCCN(C(=O)[C@H]2CCCN(S(=O)(=O)c3ccc(Cl)cc3)C2)C1. The normalized spacial score (nSPS) is 25.8. The number of nitrogens with zero attached hydrogens (tertiary/aromatic N) is 2. The number of hydrogen-bond acceptors (Lipinski definition) is 3. The van der Waals surface area contributed by atoms with Crippen LogP contribution in [0.15, 0.2) is 29.2 Å². The van der Waals surface area contributed by atoms with Crippen LogP contribution in [0.5, 0.6) is 0 Å². The van der Waals surface area contributed by atoms with Crippen molar-refractivity contribution in [1.29, 1.82) is 0 Å². The van der Waals surface area contributed by atoms with Crippen molar-refractivity contribution in [2.24, 2.45) is 11.8 Å². The van der Waals surface area contributed by atoms with Crippen molar-refractivity contribution in [1.82, 2.24) is 9.21 Å². The minimum atomic E-state index is -3.58. The Morgan fingerprint density at radius 2 is 1.76 bits per heavy atom. The number of hydrogen-bond donors (Lipinski definition) is 0. The summed E-state index contributed by atoms with van der Waals surface area (Å²) in [5.74, 6) is 0.402. The van der Waals surface area contributed by atoms with Crippen LogP contribution < -0.4 is 0 Å². The zero-order valence-corrected chi connectivity index (χ0v) is 16.1. The van der Waals surface area contributed by atoms with Gasteiger partial charge in [-0.15, -0.1) is 0 Å². The predicted molar refractivity (Wildman–Crippen MR) is 97.9 cm³/mol. The lowest BCUT2D eigenvalue weighted by Gasteiger charge is -2.37. The van der Waals surface area contributed by atoms with Gasteiger partial charge in [0.05, 0.1) is 10.8 Å². The molecule has 0 bridgehead atoms. The maximum absolute atomic E-state index is 12.9. The average molecular weight is 385 g/mol. The molecular formula is C18H25ClN2O3S. The molecule has 7 heteroatoms. The van der Waals surface area contributed by atoms with Gasteiger partial charge in [-0.2, -0.15) is 4.31 Å². The van der Waals surface area contributed by atoms with E-state index in [1.807, 2.05) is 4.90 Å². The highest BCUT2D eigenvalue weighted by atomic mass is 35.5. The first-order valence-corrected chi connectivity index (χ1v) is 10.7. The summed E-state index contributed by atoms with van der Waals surface area (Å²) in [6.45, 7) is 4.49. The molecule has 25 heavy (non-hydrogen) atoms. The van der Waals surface area contributed by atoms with Crippen LogP contribution in [0.4, 0.5) is 0 Å². The van der Waals surface area contributed by atoms with Crippen molar-refractivity contribution in [3.63, 3.8) is 0 Å². The number of amides is 1. The molecule has 0 unspecified atom stereocenters. The predicted octanol–water partition coefficient (Wildman–Crippen LogP) is 3.00. The molecule has 0 saturated carbocycles. The lowest BCUT2D eigenvalue weighted by molar-refractivity contribution is -0.138. The van der Waals surface area contributed by atoms with Crippen LogP contribution in [-0.4, -0.2) is 49.7 Å². The second-order valence-corrected chi connectivity index (χ2v) is 9.56. The molecule has 0 N–H and O–H groups in total. The number of carbonyl (C=O) groups is 1. The Labute approximate surface area is 155 Å². The molecule has 2 saturated heterocycles.